The van der Waals surface area contributed by atoms with Gasteiger partial charge in [0.2, 0.25) is 0 Å². The first-order valence-electron chi connectivity index (χ1n) is 5.28. The van der Waals surface area contributed by atoms with Crippen molar-refractivity contribution < 1.29 is 0 Å². The van der Waals surface area contributed by atoms with E-state index in [1.54, 1.807) is 17.7 Å². The predicted octanol–water partition coefficient (Wildman–Crippen LogP) is 2.05. The Morgan fingerprint density at radius 3 is 2.88 bits per heavy atom. The van der Waals surface area contributed by atoms with Crippen molar-refractivity contribution >= 4 is 22.3 Å². The van der Waals surface area contributed by atoms with Gasteiger partial charge in [0.1, 0.15) is 12.1 Å². The molecule has 0 spiro atoms. The van der Waals surface area contributed by atoms with Gasteiger partial charge in [0.25, 0.3) is 0 Å². The molecule has 1 N–H and O–H groups in total. The minimum atomic E-state index is 0.781. The monoisotopic (exact) mass is 249 g/mol. The number of anilines is 2. The Balaban J connectivity index is 2.06. The van der Waals surface area contributed by atoms with E-state index in [-0.39, 0.29) is 0 Å². The molecule has 0 saturated heterocycles. The standard InChI is InChI=1S/C11H15N5S/c1-8-4-10(13-7-12-8)15-11-14-9(6-17-11)5-16(2)3/h4,6-7H,5H2,1-3H3,(H,12,13,14,15). The van der Waals surface area contributed by atoms with Gasteiger partial charge in [-0.05, 0) is 21.0 Å². The third-order valence-corrected chi connectivity index (χ3v) is 2.88. The van der Waals surface area contributed by atoms with Gasteiger partial charge in [-0.2, -0.15) is 0 Å². The summed E-state index contributed by atoms with van der Waals surface area (Å²) in [4.78, 5) is 14.8. The van der Waals surface area contributed by atoms with Crippen LogP contribution in [0.3, 0.4) is 0 Å². The summed E-state index contributed by atoms with van der Waals surface area (Å²) in [6.07, 6.45) is 1.55. The van der Waals surface area contributed by atoms with Gasteiger partial charge in [0.15, 0.2) is 5.13 Å². The maximum atomic E-state index is 4.48. The average molecular weight is 249 g/mol. The second kappa shape index (κ2) is 5.20. The van der Waals surface area contributed by atoms with Gasteiger partial charge in [-0.1, -0.05) is 0 Å². The van der Waals surface area contributed by atoms with Gasteiger partial charge in [0, 0.05) is 23.7 Å². The van der Waals surface area contributed by atoms with Crippen LogP contribution in [0.2, 0.25) is 0 Å². The number of nitrogens with zero attached hydrogens (tertiary/aromatic N) is 4. The van der Waals surface area contributed by atoms with Crippen molar-refractivity contribution in [2.45, 2.75) is 13.5 Å². The first-order valence-corrected chi connectivity index (χ1v) is 6.16. The van der Waals surface area contributed by atoms with E-state index in [0.29, 0.717) is 0 Å². The lowest BCUT2D eigenvalue weighted by Gasteiger charge is -2.05. The molecule has 0 bridgehead atoms. The van der Waals surface area contributed by atoms with Crippen LogP contribution in [0.25, 0.3) is 0 Å². The predicted molar refractivity (Wildman–Crippen MR) is 69.6 cm³/mol. The summed E-state index contributed by atoms with van der Waals surface area (Å²) in [6.45, 7) is 2.78. The number of aromatic nitrogens is 3. The van der Waals surface area contributed by atoms with Crippen LogP contribution in [0.1, 0.15) is 11.4 Å². The van der Waals surface area contributed by atoms with Gasteiger partial charge >= 0.3 is 0 Å². The Kier molecular flexibility index (Phi) is 3.65. The zero-order chi connectivity index (χ0) is 12.3. The third-order valence-electron chi connectivity index (χ3n) is 2.07. The molecule has 17 heavy (non-hydrogen) atoms. The van der Waals surface area contributed by atoms with E-state index in [4.69, 9.17) is 0 Å². The molecule has 0 unspecified atom stereocenters. The highest BCUT2D eigenvalue weighted by molar-refractivity contribution is 7.13. The normalized spacial score (nSPS) is 10.8. The topological polar surface area (TPSA) is 53.9 Å². The van der Waals surface area contributed by atoms with E-state index in [9.17, 15) is 0 Å². The summed E-state index contributed by atoms with van der Waals surface area (Å²) in [5.41, 5.74) is 2.00. The largest absolute Gasteiger partial charge is 0.316 e. The van der Waals surface area contributed by atoms with E-state index in [1.165, 1.54) is 0 Å². The molecular formula is C11H15N5S. The molecule has 0 aliphatic heterocycles. The van der Waals surface area contributed by atoms with Gasteiger partial charge in [-0.3, -0.25) is 0 Å². The average Bonchev–Trinajstić information content (AvgIpc) is 2.64. The molecule has 0 saturated carbocycles. The van der Waals surface area contributed by atoms with Crippen molar-refractivity contribution in [3.05, 3.63) is 29.2 Å². The molecule has 0 aliphatic rings. The lowest BCUT2D eigenvalue weighted by molar-refractivity contribution is 0.398. The van der Waals surface area contributed by atoms with Crippen molar-refractivity contribution in [3.63, 3.8) is 0 Å². The second-order valence-electron chi connectivity index (χ2n) is 4.05. The molecular weight excluding hydrogens is 234 g/mol. The molecule has 6 heteroatoms. The Morgan fingerprint density at radius 1 is 1.35 bits per heavy atom. The quantitative estimate of drug-likeness (QED) is 0.898. The molecule has 0 radical (unpaired) electrons. The number of nitrogens with one attached hydrogen (secondary N) is 1. The summed E-state index contributed by atoms with van der Waals surface area (Å²) >= 11 is 1.58. The smallest absolute Gasteiger partial charge is 0.188 e. The van der Waals surface area contributed by atoms with Crippen LogP contribution in [-0.2, 0) is 6.54 Å². The minimum Gasteiger partial charge on any atom is -0.316 e. The Morgan fingerprint density at radius 2 is 2.18 bits per heavy atom. The summed E-state index contributed by atoms with van der Waals surface area (Å²) in [7, 11) is 4.06. The zero-order valence-electron chi connectivity index (χ0n) is 10.1. The molecule has 0 aliphatic carbocycles. The van der Waals surface area contributed by atoms with Gasteiger partial charge in [-0.15, -0.1) is 11.3 Å². The second-order valence-corrected chi connectivity index (χ2v) is 4.91. The number of hydrogen-bond acceptors (Lipinski definition) is 6. The number of aryl methyl sites for hydroxylation is 1. The fourth-order valence-corrected chi connectivity index (χ4v) is 2.10. The fraction of sp³-hybridized carbons (Fsp3) is 0.364. The molecule has 90 valence electrons. The first kappa shape index (κ1) is 11.9. The molecule has 2 rings (SSSR count). The van der Waals surface area contributed by atoms with Gasteiger partial charge in [-0.25, -0.2) is 15.0 Å². The summed E-state index contributed by atoms with van der Waals surface area (Å²) in [5, 5.41) is 6.09. The molecule has 2 aromatic rings. The van der Waals surface area contributed by atoms with E-state index in [0.717, 1.165) is 28.9 Å². The van der Waals surface area contributed by atoms with Crippen molar-refractivity contribution in [2.24, 2.45) is 0 Å². The molecule has 0 aromatic carbocycles. The summed E-state index contributed by atoms with van der Waals surface area (Å²) in [6, 6.07) is 1.90. The summed E-state index contributed by atoms with van der Waals surface area (Å²) < 4.78 is 0. The third kappa shape index (κ3) is 3.47. The fourth-order valence-electron chi connectivity index (χ4n) is 1.39. The summed E-state index contributed by atoms with van der Waals surface area (Å²) in [5.74, 6) is 0.781. The Hall–Kier alpha value is -1.53. The van der Waals surface area contributed by atoms with Gasteiger partial charge in [0.05, 0.1) is 5.69 Å². The van der Waals surface area contributed by atoms with Crippen LogP contribution in [0, 0.1) is 6.92 Å². The van der Waals surface area contributed by atoms with E-state index in [1.807, 2.05) is 27.1 Å². The molecule has 2 aromatic heterocycles. The Labute approximate surface area is 105 Å². The van der Waals surface area contributed by atoms with Crippen LogP contribution in [0.4, 0.5) is 10.9 Å². The van der Waals surface area contributed by atoms with E-state index >= 15 is 0 Å². The molecule has 2 heterocycles. The maximum Gasteiger partial charge on any atom is 0.188 e. The van der Waals surface area contributed by atoms with Crippen molar-refractivity contribution in [1.82, 2.24) is 19.9 Å². The van der Waals surface area contributed by atoms with Crippen molar-refractivity contribution in [2.75, 3.05) is 19.4 Å². The molecule has 0 atom stereocenters. The van der Waals surface area contributed by atoms with Crippen LogP contribution in [-0.4, -0.2) is 33.9 Å². The van der Waals surface area contributed by atoms with E-state index < -0.39 is 0 Å². The van der Waals surface area contributed by atoms with Crippen LogP contribution in [0.5, 0.6) is 0 Å². The first-order chi connectivity index (χ1) is 8.13. The highest BCUT2D eigenvalue weighted by atomic mass is 32.1. The van der Waals surface area contributed by atoms with Crippen LogP contribution < -0.4 is 5.32 Å². The maximum absolute atomic E-state index is 4.48. The molecule has 5 nitrogen and oxygen atoms in total. The van der Waals surface area contributed by atoms with Gasteiger partial charge < -0.3 is 10.2 Å². The minimum absolute atomic E-state index is 0.781. The highest BCUT2D eigenvalue weighted by Crippen LogP contribution is 2.20. The molecule has 0 amide bonds. The Bertz CT molecular complexity index is 494. The van der Waals surface area contributed by atoms with E-state index in [2.05, 4.69) is 30.5 Å². The number of thiazole rings is 1. The lowest BCUT2D eigenvalue weighted by atomic mass is 10.4. The number of rotatable bonds is 4. The SMILES string of the molecule is Cc1cc(Nc2nc(CN(C)C)cs2)ncn1. The van der Waals surface area contributed by atoms with Crippen molar-refractivity contribution in [3.8, 4) is 0 Å². The van der Waals surface area contributed by atoms with Crippen LogP contribution >= 0.6 is 11.3 Å². The molecule has 0 fully saturated rings. The van der Waals surface area contributed by atoms with Crippen molar-refractivity contribution in [1.29, 1.82) is 0 Å². The zero-order valence-corrected chi connectivity index (χ0v) is 11.0. The number of hydrogen-bond donors (Lipinski definition) is 1. The lowest BCUT2D eigenvalue weighted by Crippen LogP contribution is -2.10. The highest BCUT2D eigenvalue weighted by Gasteiger charge is 2.04. The van der Waals surface area contributed by atoms with Crippen LogP contribution in [0.15, 0.2) is 17.8 Å².